The highest BCUT2D eigenvalue weighted by molar-refractivity contribution is 7.93. The lowest BCUT2D eigenvalue weighted by Crippen LogP contribution is -2.16. The van der Waals surface area contributed by atoms with Gasteiger partial charge in [-0.1, -0.05) is 35.3 Å². The van der Waals surface area contributed by atoms with Crippen LogP contribution in [0.4, 0.5) is 5.82 Å². The van der Waals surface area contributed by atoms with Crippen LogP contribution in [0, 0.1) is 0 Å². The summed E-state index contributed by atoms with van der Waals surface area (Å²) < 4.78 is 26.7. The summed E-state index contributed by atoms with van der Waals surface area (Å²) in [6.45, 7) is 0. The van der Waals surface area contributed by atoms with Gasteiger partial charge >= 0.3 is 5.97 Å². The second-order valence-corrected chi connectivity index (χ2v) is 6.30. The molecule has 0 unspecified atom stereocenters. The normalized spacial score (nSPS) is 11.1. The molecule has 110 valence electrons. The number of hydrogen-bond acceptors (Lipinski definition) is 4. The van der Waals surface area contributed by atoms with Gasteiger partial charge in [0.25, 0.3) is 10.0 Å². The minimum atomic E-state index is -4.09. The van der Waals surface area contributed by atoms with Crippen LogP contribution in [0.2, 0.25) is 10.0 Å². The number of carboxylic acids is 1. The first-order chi connectivity index (χ1) is 9.81. The lowest BCUT2D eigenvalue weighted by atomic mass is 10.3. The maximum absolute atomic E-state index is 12.3. The second-order valence-electron chi connectivity index (χ2n) is 3.87. The van der Waals surface area contributed by atoms with Crippen LogP contribution >= 0.6 is 23.2 Å². The Labute approximate surface area is 130 Å². The smallest absolute Gasteiger partial charge is 0.354 e. The summed E-state index contributed by atoms with van der Waals surface area (Å²) in [6, 6.07) is 8.18. The van der Waals surface area contributed by atoms with Gasteiger partial charge in [0.1, 0.15) is 10.7 Å². The van der Waals surface area contributed by atoms with E-state index in [9.17, 15) is 13.2 Å². The fraction of sp³-hybridized carbons (Fsp3) is 0. The van der Waals surface area contributed by atoms with Crippen molar-refractivity contribution in [2.45, 2.75) is 4.90 Å². The highest BCUT2D eigenvalue weighted by atomic mass is 35.5. The Morgan fingerprint density at radius 3 is 2.24 bits per heavy atom. The molecule has 0 atom stereocenters. The number of halogens is 2. The van der Waals surface area contributed by atoms with Gasteiger partial charge in [0.15, 0.2) is 5.69 Å². The van der Waals surface area contributed by atoms with Gasteiger partial charge in [-0.15, -0.1) is 0 Å². The largest absolute Gasteiger partial charge is 0.477 e. The Hall–Kier alpha value is -1.83. The first-order valence-corrected chi connectivity index (χ1v) is 7.72. The van der Waals surface area contributed by atoms with Crippen LogP contribution in [0.15, 0.2) is 41.3 Å². The van der Waals surface area contributed by atoms with E-state index in [1.807, 2.05) is 0 Å². The summed E-state index contributed by atoms with van der Waals surface area (Å²) in [7, 11) is -4.09. The number of nitrogens with one attached hydrogen (secondary N) is 1. The topological polar surface area (TPSA) is 96.4 Å². The second kappa shape index (κ2) is 5.88. The number of carbonyl (C=O) groups is 1. The zero-order valence-corrected chi connectivity index (χ0v) is 12.6. The molecule has 1 aromatic carbocycles. The van der Waals surface area contributed by atoms with Crippen molar-refractivity contribution in [1.29, 1.82) is 0 Å². The number of nitrogens with zero attached hydrogens (tertiary/aromatic N) is 1. The van der Waals surface area contributed by atoms with Gasteiger partial charge in [0.2, 0.25) is 0 Å². The molecular formula is C12H8Cl2N2O4S. The molecule has 1 heterocycles. The number of aromatic nitrogens is 1. The predicted octanol–water partition coefficient (Wildman–Crippen LogP) is 2.89. The molecule has 21 heavy (non-hydrogen) atoms. The fourth-order valence-electron chi connectivity index (χ4n) is 1.54. The molecule has 2 N–H and O–H groups in total. The molecule has 2 rings (SSSR count). The zero-order valence-electron chi connectivity index (χ0n) is 10.2. The predicted molar refractivity (Wildman–Crippen MR) is 78.5 cm³/mol. The van der Waals surface area contributed by atoms with Crippen LogP contribution in [0.5, 0.6) is 0 Å². The van der Waals surface area contributed by atoms with Crippen molar-refractivity contribution in [3.63, 3.8) is 0 Å². The molecule has 0 radical (unpaired) electrons. The average molecular weight is 347 g/mol. The van der Waals surface area contributed by atoms with Crippen molar-refractivity contribution in [3.05, 3.63) is 52.1 Å². The molecule has 9 heteroatoms. The third-order valence-electron chi connectivity index (χ3n) is 2.39. The number of carboxylic acid groups (broad SMARTS) is 1. The molecule has 6 nitrogen and oxygen atoms in total. The van der Waals surface area contributed by atoms with Crippen LogP contribution in [-0.4, -0.2) is 24.5 Å². The van der Waals surface area contributed by atoms with Crippen LogP contribution in [-0.2, 0) is 10.0 Å². The Bertz CT molecular complexity index is 788. The monoisotopic (exact) mass is 346 g/mol. The van der Waals surface area contributed by atoms with Crippen molar-refractivity contribution in [2.24, 2.45) is 0 Å². The van der Waals surface area contributed by atoms with E-state index in [2.05, 4.69) is 9.71 Å². The molecule has 0 amide bonds. The van der Waals surface area contributed by atoms with Crippen LogP contribution in [0.25, 0.3) is 0 Å². The lowest BCUT2D eigenvalue weighted by molar-refractivity contribution is 0.0690. The highest BCUT2D eigenvalue weighted by Crippen LogP contribution is 2.30. The number of hydrogen-bond donors (Lipinski definition) is 2. The molecule has 2 aromatic rings. The molecule has 0 aliphatic heterocycles. The van der Waals surface area contributed by atoms with Gasteiger partial charge in [0.05, 0.1) is 10.0 Å². The van der Waals surface area contributed by atoms with Crippen molar-refractivity contribution < 1.29 is 18.3 Å². The quantitative estimate of drug-likeness (QED) is 0.887. The van der Waals surface area contributed by atoms with E-state index in [0.29, 0.717) is 0 Å². The van der Waals surface area contributed by atoms with E-state index in [1.54, 1.807) is 0 Å². The van der Waals surface area contributed by atoms with E-state index < -0.39 is 16.0 Å². The molecule has 0 aliphatic rings. The van der Waals surface area contributed by atoms with E-state index >= 15 is 0 Å². The van der Waals surface area contributed by atoms with Crippen LogP contribution < -0.4 is 4.72 Å². The first-order valence-electron chi connectivity index (χ1n) is 5.48. The highest BCUT2D eigenvalue weighted by Gasteiger charge is 2.22. The lowest BCUT2D eigenvalue weighted by Gasteiger charge is -2.10. The number of sulfonamides is 1. The Kier molecular flexibility index (Phi) is 4.36. The number of anilines is 1. The standard InChI is InChI=1S/C12H8Cl2N2O4S/c13-7-3-1-4-8(14)11(7)21(19,20)16-10-6-2-5-9(15-10)12(17)18/h1-6H,(H,15,16)(H,17,18). The van der Waals surface area contributed by atoms with Gasteiger partial charge in [-0.3, -0.25) is 4.72 Å². The van der Waals surface area contributed by atoms with Crippen molar-refractivity contribution >= 4 is 45.0 Å². The Morgan fingerprint density at radius 1 is 1.10 bits per heavy atom. The van der Waals surface area contributed by atoms with E-state index in [0.717, 1.165) is 0 Å². The molecule has 0 spiro atoms. The third kappa shape index (κ3) is 3.44. The summed E-state index contributed by atoms with van der Waals surface area (Å²) in [5, 5.41) is 8.73. The van der Waals surface area contributed by atoms with Gasteiger partial charge in [-0.25, -0.2) is 18.2 Å². The number of aromatic carboxylic acids is 1. The SMILES string of the molecule is O=C(O)c1cccc(NS(=O)(=O)c2c(Cl)cccc2Cl)n1. The Balaban J connectivity index is 2.43. The molecule has 0 saturated carbocycles. The maximum Gasteiger partial charge on any atom is 0.354 e. The van der Waals surface area contributed by atoms with E-state index in [4.69, 9.17) is 28.3 Å². The van der Waals surface area contributed by atoms with Crippen LogP contribution in [0.3, 0.4) is 0 Å². The van der Waals surface area contributed by atoms with Crippen molar-refractivity contribution in [1.82, 2.24) is 4.98 Å². The number of rotatable bonds is 4. The minimum absolute atomic E-state index is 0.0515. The molecule has 0 bridgehead atoms. The minimum Gasteiger partial charge on any atom is -0.477 e. The van der Waals surface area contributed by atoms with Gasteiger partial charge in [0, 0.05) is 0 Å². The van der Waals surface area contributed by atoms with Gasteiger partial charge < -0.3 is 5.11 Å². The molecule has 1 aromatic heterocycles. The number of benzene rings is 1. The molecule has 0 fully saturated rings. The summed E-state index contributed by atoms with van der Waals surface area (Å²) in [6.07, 6.45) is 0. The zero-order chi connectivity index (χ0) is 15.6. The van der Waals surface area contributed by atoms with E-state index in [1.165, 1.54) is 36.4 Å². The molecule has 0 aliphatic carbocycles. The van der Waals surface area contributed by atoms with Crippen LogP contribution in [0.1, 0.15) is 10.5 Å². The maximum atomic E-state index is 12.3. The summed E-state index contributed by atoms with van der Waals surface area (Å²) in [5.41, 5.74) is -0.291. The first kappa shape index (κ1) is 15.6. The third-order valence-corrected chi connectivity index (χ3v) is 4.70. The van der Waals surface area contributed by atoms with Crippen molar-refractivity contribution in [2.75, 3.05) is 4.72 Å². The Morgan fingerprint density at radius 2 is 1.67 bits per heavy atom. The van der Waals surface area contributed by atoms with Gasteiger partial charge in [-0.2, -0.15) is 0 Å². The molecule has 0 saturated heterocycles. The van der Waals surface area contributed by atoms with E-state index in [-0.39, 0.29) is 26.5 Å². The average Bonchev–Trinajstić information content (AvgIpc) is 2.37. The summed E-state index contributed by atoms with van der Waals surface area (Å²) in [4.78, 5) is 14.2. The van der Waals surface area contributed by atoms with Gasteiger partial charge in [-0.05, 0) is 24.3 Å². The van der Waals surface area contributed by atoms with Crippen molar-refractivity contribution in [3.8, 4) is 0 Å². The summed E-state index contributed by atoms with van der Waals surface area (Å²) >= 11 is 11.7. The fourth-order valence-corrected chi connectivity index (χ4v) is 3.69. The number of pyridine rings is 1. The molecular weight excluding hydrogens is 339 g/mol. The summed E-state index contributed by atoms with van der Waals surface area (Å²) in [5.74, 6) is -1.42.